The lowest BCUT2D eigenvalue weighted by molar-refractivity contribution is -0.0357. The minimum absolute atomic E-state index is 0.187. The fourth-order valence-electron chi connectivity index (χ4n) is 4.66. The van der Waals surface area contributed by atoms with E-state index in [0.717, 1.165) is 44.7 Å². The summed E-state index contributed by atoms with van der Waals surface area (Å²) in [4.78, 5) is 24.7. The van der Waals surface area contributed by atoms with Crippen molar-refractivity contribution in [3.63, 3.8) is 0 Å². The maximum absolute atomic E-state index is 12.4. The molecule has 2 aliphatic rings. The molecular weight excluding hydrogens is 478 g/mol. The van der Waals surface area contributed by atoms with Crippen LogP contribution in [0.15, 0.2) is 24.5 Å². The van der Waals surface area contributed by atoms with Crippen LogP contribution < -0.4 is 4.74 Å². The third kappa shape index (κ3) is 4.71. The number of likely N-dealkylation sites (tertiary alicyclic amines) is 1. The number of ether oxygens (including phenoxy) is 2. The molecule has 3 aromatic rings. The first-order valence-corrected chi connectivity index (χ1v) is 13.2. The van der Waals surface area contributed by atoms with Crippen molar-refractivity contribution in [3.8, 4) is 27.8 Å². The fraction of sp³-hybridized carbons (Fsp3) is 0.538. The highest BCUT2D eigenvalue weighted by Crippen LogP contribution is 2.43. The van der Waals surface area contributed by atoms with E-state index in [2.05, 4.69) is 23.9 Å². The van der Waals surface area contributed by atoms with Gasteiger partial charge in [-0.1, -0.05) is 6.07 Å². The molecule has 2 aliphatic heterocycles. The maximum Gasteiger partial charge on any atom is 0.410 e. The average molecular weight is 512 g/mol. The van der Waals surface area contributed by atoms with E-state index in [9.17, 15) is 9.90 Å². The normalized spacial score (nSPS) is 17.2. The monoisotopic (exact) mass is 511 g/mol. The average Bonchev–Trinajstić information content (AvgIpc) is 3.42. The van der Waals surface area contributed by atoms with Crippen LogP contribution in [-0.4, -0.2) is 61.1 Å². The van der Waals surface area contributed by atoms with Crippen molar-refractivity contribution in [2.45, 2.75) is 71.1 Å². The predicted octanol–water partition coefficient (Wildman–Crippen LogP) is 4.80. The molecule has 2 aromatic heterocycles. The van der Waals surface area contributed by atoms with Gasteiger partial charge in [0.2, 0.25) is 0 Å². The van der Waals surface area contributed by atoms with Gasteiger partial charge in [0, 0.05) is 36.0 Å². The number of benzene rings is 1. The molecule has 0 aliphatic carbocycles. The molecule has 9 nitrogen and oxygen atoms in total. The number of carbonyl (C=O) groups excluding carboxylic acids is 1. The second-order valence-electron chi connectivity index (χ2n) is 10.7. The summed E-state index contributed by atoms with van der Waals surface area (Å²) in [5.41, 5.74) is 1.03. The number of carbonyl (C=O) groups is 1. The zero-order valence-corrected chi connectivity index (χ0v) is 22.3. The van der Waals surface area contributed by atoms with E-state index in [-0.39, 0.29) is 12.1 Å². The van der Waals surface area contributed by atoms with Crippen LogP contribution in [0.25, 0.3) is 22.1 Å². The summed E-state index contributed by atoms with van der Waals surface area (Å²) >= 11 is 1.63. The third-order valence-corrected chi connectivity index (χ3v) is 7.66. The van der Waals surface area contributed by atoms with Gasteiger partial charge < -0.3 is 19.5 Å². The highest BCUT2D eigenvalue weighted by Gasteiger charge is 2.37. The summed E-state index contributed by atoms with van der Waals surface area (Å²) in [6.45, 7) is 11.1. The van der Waals surface area contributed by atoms with Crippen LogP contribution >= 0.6 is 11.3 Å². The number of nitrogens with zero attached hydrogens (tertiary/aromatic N) is 5. The molecule has 1 saturated heterocycles. The van der Waals surface area contributed by atoms with E-state index in [4.69, 9.17) is 14.5 Å². The van der Waals surface area contributed by atoms with Crippen molar-refractivity contribution in [2.75, 3.05) is 19.7 Å². The Morgan fingerprint density at radius 2 is 2.00 bits per heavy atom. The van der Waals surface area contributed by atoms with Crippen molar-refractivity contribution in [3.05, 3.63) is 35.0 Å². The first-order chi connectivity index (χ1) is 17.0. The molecule has 0 saturated carbocycles. The van der Waals surface area contributed by atoms with Gasteiger partial charge in [0.1, 0.15) is 17.7 Å². The number of amides is 1. The molecule has 36 heavy (non-hydrogen) atoms. The minimum atomic E-state index is -1.03. The molecule has 1 fully saturated rings. The van der Waals surface area contributed by atoms with Crippen LogP contribution in [0.4, 0.5) is 4.79 Å². The summed E-state index contributed by atoms with van der Waals surface area (Å²) in [5.74, 6) is 1.49. The van der Waals surface area contributed by atoms with Crippen molar-refractivity contribution < 1.29 is 19.4 Å². The molecule has 0 unspecified atom stereocenters. The fourth-order valence-corrected chi connectivity index (χ4v) is 5.71. The van der Waals surface area contributed by atoms with Gasteiger partial charge in [-0.3, -0.25) is 0 Å². The van der Waals surface area contributed by atoms with Crippen LogP contribution in [0.1, 0.15) is 63.9 Å². The topological polar surface area (TPSA) is 103 Å². The van der Waals surface area contributed by atoms with Crippen LogP contribution in [-0.2, 0) is 16.8 Å². The predicted molar refractivity (Wildman–Crippen MR) is 137 cm³/mol. The van der Waals surface area contributed by atoms with Crippen LogP contribution in [0.2, 0.25) is 0 Å². The SMILES string of the molecule is CC(C)n1ncnc1-c1nc2c(s1)CCOc1cc(C3(O)CCN(C(=O)OC(C)(C)C)CC3)ccc1-2. The summed E-state index contributed by atoms with van der Waals surface area (Å²) in [5, 5.41) is 16.7. The molecule has 0 spiro atoms. The number of rotatable bonds is 3. The van der Waals surface area contributed by atoms with Gasteiger partial charge in [-0.15, -0.1) is 11.3 Å². The van der Waals surface area contributed by atoms with Crippen molar-refractivity contribution in [2.24, 2.45) is 0 Å². The Bertz CT molecular complexity index is 1270. The van der Waals surface area contributed by atoms with Gasteiger partial charge in [-0.05, 0) is 65.2 Å². The first-order valence-electron chi connectivity index (χ1n) is 12.4. The second kappa shape index (κ2) is 9.15. The van der Waals surface area contributed by atoms with E-state index >= 15 is 0 Å². The number of thiazole rings is 1. The van der Waals surface area contributed by atoms with Gasteiger partial charge in [0.05, 0.1) is 17.9 Å². The zero-order chi connectivity index (χ0) is 25.7. The molecule has 0 radical (unpaired) electrons. The van der Waals surface area contributed by atoms with Gasteiger partial charge in [0.25, 0.3) is 0 Å². The van der Waals surface area contributed by atoms with Gasteiger partial charge in [0.15, 0.2) is 10.8 Å². The Morgan fingerprint density at radius 1 is 1.25 bits per heavy atom. The number of aromatic nitrogens is 4. The lowest BCUT2D eigenvalue weighted by atomic mass is 9.84. The number of hydrogen-bond donors (Lipinski definition) is 1. The molecule has 192 valence electrons. The zero-order valence-electron chi connectivity index (χ0n) is 21.4. The second-order valence-corrected chi connectivity index (χ2v) is 11.8. The van der Waals surface area contributed by atoms with Crippen molar-refractivity contribution >= 4 is 17.4 Å². The number of hydrogen-bond acceptors (Lipinski definition) is 8. The molecule has 0 bridgehead atoms. The van der Waals surface area contributed by atoms with Gasteiger partial charge in [-0.25, -0.2) is 19.4 Å². The standard InChI is InChI=1S/C26H33N5O4S/c1-16(2)31-22(27-15-28-31)23-29-21-18-7-6-17(14-19(18)34-13-8-20(21)36-23)26(33)9-11-30(12-10-26)24(32)35-25(3,4)5/h6-7,14-16,33H,8-13H2,1-5H3. The molecule has 1 amide bonds. The van der Waals surface area contributed by atoms with Crippen molar-refractivity contribution in [1.82, 2.24) is 24.6 Å². The van der Waals surface area contributed by atoms with E-state index < -0.39 is 11.2 Å². The van der Waals surface area contributed by atoms with E-state index in [1.165, 1.54) is 0 Å². The van der Waals surface area contributed by atoms with Gasteiger partial charge in [-0.2, -0.15) is 5.10 Å². The summed E-state index contributed by atoms with van der Waals surface area (Å²) in [6, 6.07) is 6.06. The van der Waals surface area contributed by atoms with E-state index in [1.54, 1.807) is 22.6 Å². The molecular formula is C26H33N5O4S. The molecule has 0 atom stereocenters. The quantitative estimate of drug-likeness (QED) is 0.539. The van der Waals surface area contributed by atoms with Gasteiger partial charge >= 0.3 is 6.09 Å². The van der Waals surface area contributed by atoms with Crippen LogP contribution in [0.3, 0.4) is 0 Å². The smallest absolute Gasteiger partial charge is 0.410 e. The number of fused-ring (bicyclic) bond motifs is 3. The molecule has 1 N–H and O–H groups in total. The van der Waals surface area contributed by atoms with E-state index in [1.807, 2.05) is 43.7 Å². The third-order valence-electron chi connectivity index (χ3n) is 6.55. The largest absolute Gasteiger partial charge is 0.492 e. The molecule has 4 heterocycles. The summed E-state index contributed by atoms with van der Waals surface area (Å²) in [6.07, 6.45) is 2.85. The number of piperidine rings is 1. The Balaban J connectivity index is 1.39. The van der Waals surface area contributed by atoms with E-state index in [0.29, 0.717) is 32.5 Å². The number of aliphatic hydroxyl groups is 1. The van der Waals surface area contributed by atoms with Crippen molar-refractivity contribution in [1.29, 1.82) is 0 Å². The Kier molecular flexibility index (Phi) is 6.28. The van der Waals surface area contributed by atoms with Crippen LogP contribution in [0, 0.1) is 0 Å². The highest BCUT2D eigenvalue weighted by molar-refractivity contribution is 7.15. The minimum Gasteiger partial charge on any atom is -0.492 e. The Hall–Kier alpha value is -2.98. The first kappa shape index (κ1) is 24.7. The maximum atomic E-state index is 12.4. The lowest BCUT2D eigenvalue weighted by Crippen LogP contribution is -2.46. The Morgan fingerprint density at radius 3 is 2.69 bits per heavy atom. The lowest BCUT2D eigenvalue weighted by Gasteiger charge is -2.39. The molecule has 1 aromatic carbocycles. The summed E-state index contributed by atoms with van der Waals surface area (Å²) < 4.78 is 13.5. The highest BCUT2D eigenvalue weighted by atomic mass is 32.1. The summed E-state index contributed by atoms with van der Waals surface area (Å²) in [7, 11) is 0. The Labute approximate surface area is 215 Å². The molecule has 10 heteroatoms. The van der Waals surface area contributed by atoms with Crippen LogP contribution in [0.5, 0.6) is 5.75 Å². The molecule has 5 rings (SSSR count).